The predicted octanol–water partition coefficient (Wildman–Crippen LogP) is 6.14. The van der Waals surface area contributed by atoms with Gasteiger partial charge in [0, 0.05) is 0 Å². The van der Waals surface area contributed by atoms with Crippen molar-refractivity contribution in [2.75, 3.05) is 0 Å². The second-order valence-electron chi connectivity index (χ2n) is 8.67. The largest absolute Gasteiger partial charge is 0.508 e. The maximum Gasteiger partial charge on any atom is 0.119 e. The summed E-state index contributed by atoms with van der Waals surface area (Å²) in [7, 11) is 0. The van der Waals surface area contributed by atoms with Gasteiger partial charge in [0.25, 0.3) is 0 Å². The molecule has 0 amide bonds. The van der Waals surface area contributed by atoms with Crippen molar-refractivity contribution < 1.29 is 10.2 Å². The van der Waals surface area contributed by atoms with Crippen molar-refractivity contribution in [2.45, 2.75) is 59.3 Å². The highest BCUT2D eigenvalue weighted by Gasteiger charge is 2.21. The standard InChI is InChI=1S/C23H30O2/c1-8-17(15-9-11-20(24)18(13-15)22(2,3)4)16-10-12-21(25)19(14-16)23(5,6)7/h8-14,24-25H,1-7H3. The Labute approximate surface area is 151 Å². The fourth-order valence-electron chi connectivity index (χ4n) is 3.11. The normalized spacial score (nSPS) is 12.1. The Morgan fingerprint density at radius 2 is 1.08 bits per heavy atom. The Balaban J connectivity index is 2.60. The lowest BCUT2D eigenvalue weighted by Crippen LogP contribution is -2.12. The van der Waals surface area contributed by atoms with Crippen LogP contribution in [0.25, 0.3) is 5.57 Å². The van der Waals surface area contributed by atoms with Crippen LogP contribution in [0.15, 0.2) is 42.5 Å². The van der Waals surface area contributed by atoms with Gasteiger partial charge in [0.2, 0.25) is 0 Å². The lowest BCUT2D eigenvalue weighted by Gasteiger charge is -2.23. The van der Waals surface area contributed by atoms with Gasteiger partial charge in [0.1, 0.15) is 11.5 Å². The van der Waals surface area contributed by atoms with E-state index in [9.17, 15) is 10.2 Å². The second kappa shape index (κ2) is 6.59. The van der Waals surface area contributed by atoms with Gasteiger partial charge < -0.3 is 10.2 Å². The zero-order valence-corrected chi connectivity index (χ0v) is 16.4. The maximum atomic E-state index is 10.2. The van der Waals surface area contributed by atoms with Gasteiger partial charge in [-0.1, -0.05) is 59.8 Å². The molecule has 25 heavy (non-hydrogen) atoms. The summed E-state index contributed by atoms with van der Waals surface area (Å²) in [6.07, 6.45) is 2.08. The molecule has 0 aliphatic rings. The van der Waals surface area contributed by atoms with Crippen molar-refractivity contribution in [2.24, 2.45) is 0 Å². The van der Waals surface area contributed by atoms with Crippen LogP contribution < -0.4 is 0 Å². The average Bonchev–Trinajstić information content (AvgIpc) is 2.48. The molecule has 0 atom stereocenters. The highest BCUT2D eigenvalue weighted by Crippen LogP contribution is 2.37. The summed E-state index contributed by atoms with van der Waals surface area (Å²) >= 11 is 0. The van der Waals surface area contributed by atoms with Crippen molar-refractivity contribution >= 4 is 5.57 Å². The molecule has 2 aromatic rings. The van der Waals surface area contributed by atoms with Gasteiger partial charge in [-0.25, -0.2) is 0 Å². The summed E-state index contributed by atoms with van der Waals surface area (Å²) in [5.41, 5.74) is 4.82. The summed E-state index contributed by atoms with van der Waals surface area (Å²) in [4.78, 5) is 0. The molecule has 0 aromatic heterocycles. The van der Waals surface area contributed by atoms with Gasteiger partial charge in [-0.15, -0.1) is 0 Å². The molecule has 0 spiro atoms. The van der Waals surface area contributed by atoms with E-state index in [1.165, 1.54) is 0 Å². The zero-order chi connectivity index (χ0) is 19.0. The molecule has 0 unspecified atom stereocenters. The number of allylic oxidation sites excluding steroid dienone is 1. The van der Waals surface area contributed by atoms with E-state index >= 15 is 0 Å². The summed E-state index contributed by atoms with van der Waals surface area (Å²) < 4.78 is 0. The predicted molar refractivity (Wildman–Crippen MR) is 106 cm³/mol. The van der Waals surface area contributed by atoms with Crippen LogP contribution in [0.4, 0.5) is 0 Å². The van der Waals surface area contributed by atoms with E-state index in [0.29, 0.717) is 11.5 Å². The lowest BCUT2D eigenvalue weighted by atomic mass is 9.82. The van der Waals surface area contributed by atoms with Crippen molar-refractivity contribution in [3.8, 4) is 11.5 Å². The van der Waals surface area contributed by atoms with Crippen LogP contribution in [0.5, 0.6) is 11.5 Å². The molecule has 2 N–H and O–H groups in total. The van der Waals surface area contributed by atoms with Crippen molar-refractivity contribution in [3.05, 3.63) is 64.7 Å². The van der Waals surface area contributed by atoms with Gasteiger partial charge >= 0.3 is 0 Å². The van der Waals surface area contributed by atoms with Crippen LogP contribution >= 0.6 is 0 Å². The van der Waals surface area contributed by atoms with Gasteiger partial charge in [-0.3, -0.25) is 0 Å². The van der Waals surface area contributed by atoms with E-state index < -0.39 is 0 Å². The Morgan fingerprint density at radius 3 is 1.36 bits per heavy atom. The molecule has 2 aromatic carbocycles. The van der Waals surface area contributed by atoms with Crippen molar-refractivity contribution in [1.82, 2.24) is 0 Å². The Kier molecular flexibility index (Phi) is 5.04. The van der Waals surface area contributed by atoms with E-state index in [0.717, 1.165) is 27.8 Å². The molecule has 0 aliphatic heterocycles. The first-order valence-corrected chi connectivity index (χ1v) is 8.79. The van der Waals surface area contributed by atoms with Crippen molar-refractivity contribution in [3.63, 3.8) is 0 Å². The van der Waals surface area contributed by atoms with Gasteiger partial charge in [-0.2, -0.15) is 0 Å². The quantitative estimate of drug-likeness (QED) is 0.690. The number of phenolic OH excluding ortho intramolecular Hbond substituents is 2. The van der Waals surface area contributed by atoms with Crippen LogP contribution in [0, 0.1) is 0 Å². The van der Waals surface area contributed by atoms with Crippen LogP contribution in [0.1, 0.15) is 70.7 Å². The number of aromatic hydroxyl groups is 2. The van der Waals surface area contributed by atoms with Gasteiger partial charge in [0.15, 0.2) is 0 Å². The van der Waals surface area contributed by atoms with Crippen LogP contribution in [0.3, 0.4) is 0 Å². The maximum absolute atomic E-state index is 10.2. The summed E-state index contributed by atoms with van der Waals surface area (Å²) in [5.74, 6) is 0.653. The van der Waals surface area contributed by atoms with E-state index in [-0.39, 0.29) is 10.8 Å². The third-order valence-corrected chi connectivity index (χ3v) is 4.52. The summed E-state index contributed by atoms with van der Waals surface area (Å²) in [6, 6.07) is 11.6. The number of hydrogen-bond donors (Lipinski definition) is 2. The molecule has 0 heterocycles. The molecule has 0 aliphatic carbocycles. The van der Waals surface area contributed by atoms with E-state index in [1.807, 2.05) is 19.1 Å². The second-order valence-corrected chi connectivity index (χ2v) is 8.67. The molecule has 2 nitrogen and oxygen atoms in total. The number of benzene rings is 2. The average molecular weight is 338 g/mol. The molecule has 0 saturated heterocycles. The molecule has 2 rings (SSSR count). The third-order valence-electron chi connectivity index (χ3n) is 4.52. The monoisotopic (exact) mass is 338 g/mol. The first-order chi connectivity index (χ1) is 11.4. The lowest BCUT2D eigenvalue weighted by molar-refractivity contribution is 0.446. The number of phenols is 2. The zero-order valence-electron chi connectivity index (χ0n) is 16.4. The van der Waals surface area contributed by atoms with Crippen LogP contribution in [-0.4, -0.2) is 10.2 Å². The number of hydrogen-bond acceptors (Lipinski definition) is 2. The van der Waals surface area contributed by atoms with E-state index in [1.54, 1.807) is 12.1 Å². The van der Waals surface area contributed by atoms with Crippen LogP contribution in [-0.2, 0) is 10.8 Å². The van der Waals surface area contributed by atoms with E-state index in [2.05, 4.69) is 59.8 Å². The van der Waals surface area contributed by atoms with Gasteiger partial charge in [0.05, 0.1) is 0 Å². The SMILES string of the molecule is CC=C(c1ccc(O)c(C(C)(C)C)c1)c1ccc(O)c(C(C)(C)C)c1. The Bertz CT molecular complexity index is 734. The minimum absolute atomic E-state index is 0.134. The molecule has 0 radical (unpaired) electrons. The fraction of sp³-hybridized carbons (Fsp3) is 0.391. The van der Waals surface area contributed by atoms with E-state index in [4.69, 9.17) is 0 Å². The molecule has 0 saturated carbocycles. The molecule has 0 bridgehead atoms. The smallest absolute Gasteiger partial charge is 0.119 e. The first kappa shape index (κ1) is 19.1. The summed E-state index contributed by atoms with van der Waals surface area (Å²) in [6.45, 7) is 14.6. The minimum Gasteiger partial charge on any atom is -0.508 e. The highest BCUT2D eigenvalue weighted by atomic mass is 16.3. The highest BCUT2D eigenvalue weighted by molar-refractivity contribution is 5.81. The summed E-state index contributed by atoms with van der Waals surface area (Å²) in [5, 5.41) is 20.5. The fourth-order valence-corrected chi connectivity index (χ4v) is 3.11. The van der Waals surface area contributed by atoms with Gasteiger partial charge in [-0.05, 0) is 69.8 Å². The molecule has 0 fully saturated rings. The van der Waals surface area contributed by atoms with Crippen molar-refractivity contribution in [1.29, 1.82) is 0 Å². The van der Waals surface area contributed by atoms with Crippen LogP contribution in [0.2, 0.25) is 0 Å². The Morgan fingerprint density at radius 1 is 0.720 bits per heavy atom. The Hall–Kier alpha value is -2.22. The molecular formula is C23H30O2. The molecule has 134 valence electrons. The third kappa shape index (κ3) is 4.07. The first-order valence-electron chi connectivity index (χ1n) is 8.79. The topological polar surface area (TPSA) is 40.5 Å². The molecular weight excluding hydrogens is 308 g/mol. The number of rotatable bonds is 2. The minimum atomic E-state index is -0.134. The molecule has 2 heteroatoms.